The second-order valence-corrected chi connectivity index (χ2v) is 3.02. The summed E-state index contributed by atoms with van der Waals surface area (Å²) in [5, 5.41) is 8.84. The zero-order chi connectivity index (χ0) is 9.72. The molecule has 3 N–H and O–H groups in total. The summed E-state index contributed by atoms with van der Waals surface area (Å²) in [6.07, 6.45) is 0.677. The predicted octanol–water partition coefficient (Wildman–Crippen LogP) is -0.437. The number of primary amides is 1. The number of carbonyl (C=O) groups excluding carboxylic acids is 1. The van der Waals surface area contributed by atoms with Crippen molar-refractivity contribution in [3.05, 3.63) is 0 Å². The van der Waals surface area contributed by atoms with Crippen LogP contribution in [0.3, 0.4) is 0 Å². The van der Waals surface area contributed by atoms with Gasteiger partial charge in [0.1, 0.15) is 0 Å². The van der Waals surface area contributed by atoms with E-state index in [0.29, 0.717) is 6.42 Å². The lowest BCUT2D eigenvalue weighted by atomic mass is 10.1. The molecule has 0 aromatic rings. The lowest BCUT2D eigenvalue weighted by molar-refractivity contribution is -0.123. The molecule has 0 aliphatic carbocycles. The van der Waals surface area contributed by atoms with E-state index in [1.54, 1.807) is 11.9 Å². The fraction of sp³-hybridized carbons (Fsp3) is 0.875. The van der Waals surface area contributed by atoms with Crippen LogP contribution in [0.5, 0.6) is 0 Å². The topological polar surface area (TPSA) is 66.6 Å². The van der Waals surface area contributed by atoms with Gasteiger partial charge < -0.3 is 10.8 Å². The molecular formula is C8H18N2O2. The number of hydrogen-bond donors (Lipinski definition) is 2. The summed E-state index contributed by atoms with van der Waals surface area (Å²) < 4.78 is 0. The van der Waals surface area contributed by atoms with Crippen molar-refractivity contribution in [1.29, 1.82) is 0 Å². The van der Waals surface area contributed by atoms with E-state index >= 15 is 0 Å². The van der Waals surface area contributed by atoms with Gasteiger partial charge in [0.15, 0.2) is 0 Å². The summed E-state index contributed by atoms with van der Waals surface area (Å²) >= 11 is 0. The zero-order valence-electron chi connectivity index (χ0n) is 7.95. The fourth-order valence-corrected chi connectivity index (χ4v) is 1.13. The highest BCUT2D eigenvalue weighted by Gasteiger charge is 2.21. The summed E-state index contributed by atoms with van der Waals surface area (Å²) in [6, 6.07) is -0.297. The first-order chi connectivity index (χ1) is 5.54. The molecular weight excluding hydrogens is 156 g/mol. The highest BCUT2D eigenvalue weighted by Crippen LogP contribution is 2.05. The molecule has 72 valence electrons. The number of carbonyl (C=O) groups is 1. The molecule has 12 heavy (non-hydrogen) atoms. The van der Waals surface area contributed by atoms with Gasteiger partial charge in [-0.3, -0.25) is 9.69 Å². The molecule has 0 spiro atoms. The van der Waals surface area contributed by atoms with Gasteiger partial charge in [0.25, 0.3) is 0 Å². The Balaban J connectivity index is 4.20. The largest absolute Gasteiger partial charge is 0.395 e. The van der Waals surface area contributed by atoms with Crippen LogP contribution in [0.1, 0.15) is 20.3 Å². The molecule has 0 bridgehead atoms. The molecule has 4 nitrogen and oxygen atoms in total. The first-order valence-corrected chi connectivity index (χ1v) is 4.16. The van der Waals surface area contributed by atoms with Crippen LogP contribution in [0.2, 0.25) is 0 Å². The maximum atomic E-state index is 10.9. The lowest BCUT2D eigenvalue weighted by Gasteiger charge is -2.29. The summed E-state index contributed by atoms with van der Waals surface area (Å²) in [7, 11) is 1.79. The second kappa shape index (κ2) is 5.11. The SMILES string of the molecule is CCC(C(N)=O)N(C)C(C)CO. The Hall–Kier alpha value is -0.610. The third-order valence-electron chi connectivity index (χ3n) is 2.17. The van der Waals surface area contributed by atoms with E-state index in [1.165, 1.54) is 0 Å². The highest BCUT2D eigenvalue weighted by atomic mass is 16.3. The number of likely N-dealkylation sites (N-methyl/N-ethyl adjacent to an activating group) is 1. The summed E-state index contributed by atoms with van der Waals surface area (Å²) in [5.74, 6) is -0.333. The van der Waals surface area contributed by atoms with E-state index < -0.39 is 0 Å². The van der Waals surface area contributed by atoms with Crippen molar-refractivity contribution in [3.63, 3.8) is 0 Å². The third-order valence-corrected chi connectivity index (χ3v) is 2.17. The van der Waals surface area contributed by atoms with Crippen molar-refractivity contribution >= 4 is 5.91 Å². The molecule has 0 radical (unpaired) electrons. The van der Waals surface area contributed by atoms with Crippen molar-refractivity contribution in [1.82, 2.24) is 4.90 Å². The molecule has 1 amide bonds. The molecule has 2 atom stereocenters. The van der Waals surface area contributed by atoms with Crippen molar-refractivity contribution in [2.75, 3.05) is 13.7 Å². The van der Waals surface area contributed by atoms with Crippen molar-refractivity contribution in [3.8, 4) is 0 Å². The van der Waals surface area contributed by atoms with Gasteiger partial charge in [0, 0.05) is 6.04 Å². The Morgan fingerprint density at radius 3 is 2.42 bits per heavy atom. The summed E-state index contributed by atoms with van der Waals surface area (Å²) in [5.41, 5.74) is 5.18. The molecule has 0 rings (SSSR count). The number of aliphatic hydroxyl groups excluding tert-OH is 1. The van der Waals surface area contributed by atoms with Crippen LogP contribution >= 0.6 is 0 Å². The standard InChI is InChI=1S/C8H18N2O2/c1-4-7(8(9)12)10(3)6(2)5-11/h6-7,11H,4-5H2,1-3H3,(H2,9,12). The van der Waals surface area contributed by atoms with E-state index in [1.807, 2.05) is 13.8 Å². The number of nitrogens with two attached hydrogens (primary N) is 1. The first-order valence-electron chi connectivity index (χ1n) is 4.16. The Bertz CT molecular complexity index is 150. The number of hydrogen-bond acceptors (Lipinski definition) is 3. The van der Waals surface area contributed by atoms with Gasteiger partial charge in [0.2, 0.25) is 5.91 Å². The molecule has 4 heteroatoms. The molecule has 0 saturated carbocycles. The van der Waals surface area contributed by atoms with E-state index in [0.717, 1.165) is 0 Å². The minimum absolute atomic E-state index is 0.0255. The number of aliphatic hydroxyl groups is 1. The summed E-state index contributed by atoms with van der Waals surface area (Å²) in [4.78, 5) is 12.7. The normalized spacial score (nSPS) is 16.1. The van der Waals surface area contributed by atoms with E-state index in [2.05, 4.69) is 0 Å². The Kier molecular flexibility index (Phi) is 4.85. The lowest BCUT2D eigenvalue weighted by Crippen LogP contribution is -2.47. The molecule has 0 aliphatic rings. The van der Waals surface area contributed by atoms with Crippen molar-refractivity contribution in [2.45, 2.75) is 32.4 Å². The van der Waals surface area contributed by atoms with Crippen LogP contribution in [-0.2, 0) is 4.79 Å². The van der Waals surface area contributed by atoms with E-state index in [4.69, 9.17) is 10.8 Å². The first kappa shape index (κ1) is 11.4. The van der Waals surface area contributed by atoms with Gasteiger partial charge >= 0.3 is 0 Å². The Morgan fingerprint density at radius 1 is 1.67 bits per heavy atom. The predicted molar refractivity (Wildman–Crippen MR) is 47.6 cm³/mol. The smallest absolute Gasteiger partial charge is 0.234 e. The van der Waals surface area contributed by atoms with Gasteiger partial charge in [0.05, 0.1) is 12.6 Å². The number of rotatable bonds is 5. The Morgan fingerprint density at radius 2 is 2.17 bits per heavy atom. The quantitative estimate of drug-likeness (QED) is 0.594. The maximum Gasteiger partial charge on any atom is 0.234 e. The fourth-order valence-electron chi connectivity index (χ4n) is 1.13. The average Bonchev–Trinajstić information content (AvgIpc) is 2.03. The van der Waals surface area contributed by atoms with Gasteiger partial charge in [-0.2, -0.15) is 0 Å². The monoisotopic (exact) mass is 174 g/mol. The van der Waals surface area contributed by atoms with Gasteiger partial charge in [-0.15, -0.1) is 0 Å². The second-order valence-electron chi connectivity index (χ2n) is 3.02. The zero-order valence-corrected chi connectivity index (χ0v) is 7.95. The number of nitrogens with zero attached hydrogens (tertiary/aromatic N) is 1. The molecule has 0 fully saturated rings. The van der Waals surface area contributed by atoms with Gasteiger partial charge in [-0.05, 0) is 20.4 Å². The van der Waals surface area contributed by atoms with Crippen LogP contribution in [0.25, 0.3) is 0 Å². The van der Waals surface area contributed by atoms with Crippen LogP contribution in [0.4, 0.5) is 0 Å². The summed E-state index contributed by atoms with van der Waals surface area (Å²) in [6.45, 7) is 3.79. The van der Waals surface area contributed by atoms with Crippen LogP contribution in [0, 0.1) is 0 Å². The van der Waals surface area contributed by atoms with Gasteiger partial charge in [-0.1, -0.05) is 6.92 Å². The molecule has 0 aliphatic heterocycles. The number of amides is 1. The van der Waals surface area contributed by atoms with Crippen LogP contribution in [0.15, 0.2) is 0 Å². The van der Waals surface area contributed by atoms with Crippen molar-refractivity contribution < 1.29 is 9.90 Å². The van der Waals surface area contributed by atoms with E-state index in [9.17, 15) is 4.79 Å². The highest BCUT2D eigenvalue weighted by molar-refractivity contribution is 5.79. The van der Waals surface area contributed by atoms with Gasteiger partial charge in [-0.25, -0.2) is 0 Å². The maximum absolute atomic E-state index is 10.9. The van der Waals surface area contributed by atoms with Crippen molar-refractivity contribution in [2.24, 2.45) is 5.73 Å². The Labute approximate surface area is 73.3 Å². The molecule has 2 unspecified atom stereocenters. The molecule has 0 aromatic carbocycles. The minimum atomic E-state index is -0.333. The average molecular weight is 174 g/mol. The molecule has 0 aromatic heterocycles. The third kappa shape index (κ3) is 2.79. The van der Waals surface area contributed by atoms with Crippen LogP contribution < -0.4 is 5.73 Å². The minimum Gasteiger partial charge on any atom is -0.395 e. The molecule has 0 heterocycles. The molecule has 0 saturated heterocycles. The van der Waals surface area contributed by atoms with Crippen LogP contribution in [-0.4, -0.2) is 41.7 Å². The van der Waals surface area contributed by atoms with E-state index in [-0.39, 0.29) is 24.6 Å².